The van der Waals surface area contributed by atoms with Crippen LogP contribution in [0.4, 0.5) is 0 Å². The average molecular weight is 236 g/mol. The maximum absolute atomic E-state index is 11.0. The molecular formula is C7H10BrNOS. The smallest absolute Gasteiger partial charge is 0.226 e. The normalized spacial score (nSPS) is 36.5. The van der Waals surface area contributed by atoms with Crippen LogP contribution in [0.25, 0.3) is 0 Å². The molecule has 2 saturated heterocycles. The Balaban J connectivity index is 1.94. The number of hydrogen-bond acceptors (Lipinski definition) is 2. The van der Waals surface area contributed by atoms with Gasteiger partial charge in [-0.25, -0.2) is 0 Å². The van der Waals surface area contributed by atoms with Gasteiger partial charge in [0.2, 0.25) is 5.91 Å². The Kier molecular flexibility index (Phi) is 2.14. The second-order valence-electron chi connectivity index (χ2n) is 3.06. The van der Waals surface area contributed by atoms with Gasteiger partial charge in [0, 0.05) is 17.6 Å². The van der Waals surface area contributed by atoms with E-state index < -0.39 is 0 Å². The number of fused-ring (bicyclic) bond motifs is 1. The summed E-state index contributed by atoms with van der Waals surface area (Å²) in [5, 5.41) is 1.55. The van der Waals surface area contributed by atoms with Crippen LogP contribution in [0, 0.1) is 5.92 Å². The third-order valence-corrected chi connectivity index (χ3v) is 4.60. The zero-order chi connectivity index (χ0) is 7.84. The van der Waals surface area contributed by atoms with Crippen LogP contribution >= 0.6 is 27.7 Å². The third-order valence-electron chi connectivity index (χ3n) is 2.21. The lowest BCUT2D eigenvalue weighted by atomic mass is 10.1. The number of halogens is 1. The molecule has 2 atom stereocenters. The van der Waals surface area contributed by atoms with E-state index in [1.54, 1.807) is 0 Å². The van der Waals surface area contributed by atoms with E-state index in [9.17, 15) is 4.79 Å². The van der Waals surface area contributed by atoms with E-state index in [1.165, 1.54) is 5.75 Å². The largest absolute Gasteiger partial charge is 0.330 e. The Morgan fingerprint density at radius 2 is 2.55 bits per heavy atom. The summed E-state index contributed by atoms with van der Waals surface area (Å²) < 4.78 is 0. The SMILES string of the molecule is O=C1C[C@H]2SCC(CBr)CN12. The Morgan fingerprint density at radius 3 is 3.18 bits per heavy atom. The molecule has 0 saturated carbocycles. The molecule has 2 rings (SSSR count). The predicted molar refractivity (Wildman–Crippen MR) is 49.9 cm³/mol. The highest BCUT2D eigenvalue weighted by Gasteiger charge is 2.40. The molecule has 0 aromatic carbocycles. The van der Waals surface area contributed by atoms with E-state index in [4.69, 9.17) is 0 Å². The molecule has 0 N–H and O–H groups in total. The van der Waals surface area contributed by atoms with Crippen LogP contribution < -0.4 is 0 Å². The number of amides is 1. The van der Waals surface area contributed by atoms with Gasteiger partial charge >= 0.3 is 0 Å². The molecule has 2 heterocycles. The van der Waals surface area contributed by atoms with E-state index in [1.807, 2.05) is 16.7 Å². The van der Waals surface area contributed by atoms with Crippen molar-refractivity contribution in [3.8, 4) is 0 Å². The monoisotopic (exact) mass is 235 g/mol. The number of carbonyl (C=O) groups excluding carboxylic acids is 1. The summed E-state index contributed by atoms with van der Waals surface area (Å²) in [7, 11) is 0. The van der Waals surface area contributed by atoms with Crippen LogP contribution in [0.1, 0.15) is 6.42 Å². The Bertz CT molecular complexity index is 187. The van der Waals surface area contributed by atoms with Crippen molar-refractivity contribution in [3.63, 3.8) is 0 Å². The maximum Gasteiger partial charge on any atom is 0.226 e. The van der Waals surface area contributed by atoms with Gasteiger partial charge in [-0.15, -0.1) is 11.8 Å². The molecule has 0 aliphatic carbocycles. The highest BCUT2D eigenvalue weighted by atomic mass is 79.9. The molecule has 62 valence electrons. The van der Waals surface area contributed by atoms with Crippen LogP contribution in [-0.2, 0) is 4.79 Å². The molecule has 11 heavy (non-hydrogen) atoms. The van der Waals surface area contributed by atoms with Crippen molar-refractivity contribution in [1.29, 1.82) is 0 Å². The molecular weight excluding hydrogens is 226 g/mol. The van der Waals surface area contributed by atoms with E-state index in [2.05, 4.69) is 15.9 Å². The summed E-state index contributed by atoms with van der Waals surface area (Å²) in [6.45, 7) is 0.974. The summed E-state index contributed by atoms with van der Waals surface area (Å²) in [5.74, 6) is 2.22. The van der Waals surface area contributed by atoms with E-state index in [0.29, 0.717) is 17.2 Å². The number of β-lactam (4-membered cyclic amide) rings is 1. The fourth-order valence-electron chi connectivity index (χ4n) is 1.46. The predicted octanol–water partition coefficient (Wildman–Crippen LogP) is 1.30. The lowest BCUT2D eigenvalue weighted by Gasteiger charge is -2.45. The summed E-state index contributed by atoms with van der Waals surface area (Å²) in [4.78, 5) is 13.0. The summed E-state index contributed by atoms with van der Waals surface area (Å²) in [6.07, 6.45) is 0.777. The fourth-order valence-corrected chi connectivity index (χ4v) is 3.56. The zero-order valence-electron chi connectivity index (χ0n) is 6.12. The highest BCUT2D eigenvalue weighted by molar-refractivity contribution is 9.09. The van der Waals surface area contributed by atoms with Crippen molar-refractivity contribution in [3.05, 3.63) is 0 Å². The first-order chi connectivity index (χ1) is 5.31. The summed E-state index contributed by atoms with van der Waals surface area (Å²) in [6, 6.07) is 0. The first kappa shape index (κ1) is 7.92. The lowest BCUT2D eigenvalue weighted by Crippen LogP contribution is -2.55. The summed E-state index contributed by atoms with van der Waals surface area (Å²) >= 11 is 5.38. The van der Waals surface area contributed by atoms with Gasteiger partial charge in [-0.1, -0.05) is 15.9 Å². The van der Waals surface area contributed by atoms with Crippen LogP contribution in [-0.4, -0.2) is 33.8 Å². The fraction of sp³-hybridized carbons (Fsp3) is 0.857. The number of rotatable bonds is 1. The maximum atomic E-state index is 11.0. The van der Waals surface area contributed by atoms with Crippen LogP contribution in [0.15, 0.2) is 0 Å². The second kappa shape index (κ2) is 2.98. The number of alkyl halides is 1. The van der Waals surface area contributed by atoms with Gasteiger partial charge in [-0.05, 0) is 5.92 Å². The van der Waals surface area contributed by atoms with Gasteiger partial charge in [-0.3, -0.25) is 4.79 Å². The minimum Gasteiger partial charge on any atom is -0.330 e. The molecule has 1 amide bonds. The lowest BCUT2D eigenvalue weighted by molar-refractivity contribution is -0.142. The molecule has 4 heteroatoms. The molecule has 2 fully saturated rings. The van der Waals surface area contributed by atoms with Gasteiger partial charge in [0.05, 0.1) is 11.8 Å². The standard InChI is InChI=1S/C7H10BrNOS/c8-2-5-3-9-6(10)1-7(9)11-4-5/h5,7H,1-4H2/t5?,7-/m1/s1. The molecule has 0 aromatic heterocycles. The average Bonchev–Trinajstić information content (AvgIpc) is 2.03. The van der Waals surface area contributed by atoms with Gasteiger partial charge in [0.15, 0.2) is 0 Å². The minimum atomic E-state index is 0.341. The molecule has 2 aliphatic rings. The van der Waals surface area contributed by atoms with Gasteiger partial charge < -0.3 is 4.90 Å². The van der Waals surface area contributed by atoms with Gasteiger partial charge in [0.1, 0.15) is 0 Å². The number of hydrogen-bond donors (Lipinski definition) is 0. The molecule has 0 spiro atoms. The van der Waals surface area contributed by atoms with Gasteiger partial charge in [-0.2, -0.15) is 0 Å². The zero-order valence-corrected chi connectivity index (χ0v) is 8.53. The number of thioether (sulfide) groups is 1. The van der Waals surface area contributed by atoms with Crippen LogP contribution in [0.3, 0.4) is 0 Å². The van der Waals surface area contributed by atoms with E-state index >= 15 is 0 Å². The molecule has 1 unspecified atom stereocenters. The van der Waals surface area contributed by atoms with Crippen molar-refractivity contribution in [2.75, 3.05) is 17.6 Å². The topological polar surface area (TPSA) is 20.3 Å². The number of carbonyl (C=O) groups is 1. The molecule has 2 aliphatic heterocycles. The van der Waals surface area contributed by atoms with Crippen LogP contribution in [0.5, 0.6) is 0 Å². The minimum absolute atomic E-state index is 0.341. The highest BCUT2D eigenvalue weighted by Crippen LogP contribution is 2.36. The molecule has 2 nitrogen and oxygen atoms in total. The first-order valence-electron chi connectivity index (χ1n) is 3.78. The van der Waals surface area contributed by atoms with Crippen molar-refractivity contribution in [1.82, 2.24) is 4.90 Å². The Morgan fingerprint density at radius 1 is 1.73 bits per heavy atom. The van der Waals surface area contributed by atoms with Crippen LogP contribution in [0.2, 0.25) is 0 Å². The molecule has 0 bridgehead atoms. The summed E-state index contributed by atoms with van der Waals surface area (Å²) in [5.41, 5.74) is 0. The molecule has 0 radical (unpaired) electrons. The van der Waals surface area contributed by atoms with Crippen molar-refractivity contribution < 1.29 is 4.79 Å². The number of nitrogens with zero attached hydrogens (tertiary/aromatic N) is 1. The van der Waals surface area contributed by atoms with Crippen molar-refractivity contribution in [2.45, 2.75) is 11.8 Å². The first-order valence-corrected chi connectivity index (χ1v) is 5.95. The molecule has 0 aromatic rings. The Labute approximate surface area is 78.8 Å². The van der Waals surface area contributed by atoms with Crippen molar-refractivity contribution in [2.24, 2.45) is 5.92 Å². The quantitative estimate of drug-likeness (QED) is 0.505. The second-order valence-corrected chi connectivity index (χ2v) is 4.92. The van der Waals surface area contributed by atoms with Gasteiger partial charge in [0.25, 0.3) is 0 Å². The Hall–Kier alpha value is 0.300. The van der Waals surface area contributed by atoms with E-state index in [-0.39, 0.29) is 0 Å². The third kappa shape index (κ3) is 1.31. The van der Waals surface area contributed by atoms with Crippen molar-refractivity contribution >= 4 is 33.6 Å². The van der Waals surface area contributed by atoms with E-state index in [0.717, 1.165) is 18.3 Å².